The second-order valence-electron chi connectivity index (χ2n) is 5.92. The van der Waals surface area contributed by atoms with Crippen LogP contribution in [0.1, 0.15) is 19.8 Å². The lowest BCUT2D eigenvalue weighted by molar-refractivity contribution is -0.125. The minimum Gasteiger partial charge on any atom is -0.374 e. The van der Waals surface area contributed by atoms with Gasteiger partial charge in [0, 0.05) is 19.6 Å². The molecule has 1 aliphatic heterocycles. The second kappa shape index (κ2) is 6.53. The fourth-order valence-electron chi connectivity index (χ4n) is 2.69. The summed E-state index contributed by atoms with van der Waals surface area (Å²) in [6.07, 6.45) is 2.20. The van der Waals surface area contributed by atoms with E-state index in [1.165, 1.54) is 0 Å². The van der Waals surface area contributed by atoms with Crippen LogP contribution in [0.2, 0.25) is 0 Å². The van der Waals surface area contributed by atoms with E-state index >= 15 is 0 Å². The summed E-state index contributed by atoms with van der Waals surface area (Å²) in [7, 11) is 1.89. The number of hydrogen-bond acceptors (Lipinski definition) is 5. The van der Waals surface area contributed by atoms with E-state index < -0.39 is 5.54 Å². The first-order chi connectivity index (χ1) is 9.57. The average molecular weight is 280 g/mol. The molecule has 0 radical (unpaired) electrons. The number of carbonyl (C=O) groups excluding carboxylic acids is 1. The molecular formula is C14H24N4O2. The SMILES string of the molecule is CNCC1CN(CC(=O)NC(C)(C#N)C2CC2)CCO1. The Labute approximate surface area is 120 Å². The van der Waals surface area contributed by atoms with E-state index in [0.717, 1.165) is 32.5 Å². The molecule has 20 heavy (non-hydrogen) atoms. The predicted molar refractivity (Wildman–Crippen MR) is 75.0 cm³/mol. The number of nitrogens with one attached hydrogen (secondary N) is 2. The van der Waals surface area contributed by atoms with Gasteiger partial charge in [-0.2, -0.15) is 5.26 Å². The number of likely N-dealkylation sites (N-methyl/N-ethyl adjacent to an activating group) is 1. The minimum atomic E-state index is -0.701. The normalized spacial score (nSPS) is 26.6. The topological polar surface area (TPSA) is 77.4 Å². The number of amides is 1. The summed E-state index contributed by atoms with van der Waals surface area (Å²) in [4.78, 5) is 14.2. The van der Waals surface area contributed by atoms with Crippen molar-refractivity contribution in [2.24, 2.45) is 5.92 Å². The van der Waals surface area contributed by atoms with Gasteiger partial charge in [0.1, 0.15) is 5.54 Å². The molecular weight excluding hydrogens is 256 g/mol. The molecule has 1 aliphatic carbocycles. The molecule has 2 fully saturated rings. The van der Waals surface area contributed by atoms with E-state index in [1.54, 1.807) is 0 Å². The largest absolute Gasteiger partial charge is 0.374 e. The van der Waals surface area contributed by atoms with Gasteiger partial charge in [0.2, 0.25) is 5.91 Å². The highest BCUT2D eigenvalue weighted by atomic mass is 16.5. The van der Waals surface area contributed by atoms with E-state index in [-0.39, 0.29) is 12.0 Å². The number of nitriles is 1. The van der Waals surface area contributed by atoms with Gasteiger partial charge in [-0.05, 0) is 32.7 Å². The molecule has 1 heterocycles. The van der Waals surface area contributed by atoms with Crippen molar-refractivity contribution < 1.29 is 9.53 Å². The van der Waals surface area contributed by atoms with Crippen LogP contribution in [-0.2, 0) is 9.53 Å². The van der Waals surface area contributed by atoms with Crippen LogP contribution in [0.5, 0.6) is 0 Å². The summed E-state index contributed by atoms with van der Waals surface area (Å²) in [6.45, 7) is 5.12. The lowest BCUT2D eigenvalue weighted by atomic mass is 9.98. The number of morpholine rings is 1. The molecule has 0 aromatic rings. The van der Waals surface area contributed by atoms with Gasteiger partial charge in [-0.15, -0.1) is 0 Å². The average Bonchev–Trinajstić information content (AvgIpc) is 3.24. The molecule has 1 amide bonds. The quantitative estimate of drug-likeness (QED) is 0.699. The summed E-state index contributed by atoms with van der Waals surface area (Å²) < 4.78 is 5.61. The van der Waals surface area contributed by atoms with Crippen LogP contribution in [0.15, 0.2) is 0 Å². The highest BCUT2D eigenvalue weighted by molar-refractivity contribution is 5.79. The summed E-state index contributed by atoms with van der Waals surface area (Å²) >= 11 is 0. The van der Waals surface area contributed by atoms with Crippen molar-refractivity contribution in [3.8, 4) is 6.07 Å². The first-order valence-electron chi connectivity index (χ1n) is 7.28. The van der Waals surface area contributed by atoms with Crippen molar-refractivity contribution in [3.63, 3.8) is 0 Å². The van der Waals surface area contributed by atoms with E-state index in [9.17, 15) is 10.1 Å². The molecule has 0 bridgehead atoms. The zero-order chi connectivity index (χ0) is 14.6. The second-order valence-corrected chi connectivity index (χ2v) is 5.92. The summed E-state index contributed by atoms with van der Waals surface area (Å²) in [5, 5.41) is 15.2. The minimum absolute atomic E-state index is 0.0638. The Balaban J connectivity index is 1.80. The van der Waals surface area contributed by atoms with Gasteiger partial charge in [-0.1, -0.05) is 0 Å². The molecule has 6 nitrogen and oxygen atoms in total. The molecule has 6 heteroatoms. The summed E-state index contributed by atoms with van der Waals surface area (Å²) in [6, 6.07) is 2.25. The van der Waals surface area contributed by atoms with Gasteiger partial charge in [0.15, 0.2) is 0 Å². The molecule has 0 aromatic carbocycles. The smallest absolute Gasteiger partial charge is 0.235 e. The first kappa shape index (κ1) is 15.2. The number of rotatable bonds is 6. The van der Waals surface area contributed by atoms with E-state index in [4.69, 9.17) is 4.74 Å². The molecule has 2 aliphatic rings. The van der Waals surface area contributed by atoms with Crippen molar-refractivity contribution in [2.45, 2.75) is 31.4 Å². The summed E-state index contributed by atoms with van der Waals surface area (Å²) in [5.41, 5.74) is -0.701. The third-order valence-electron chi connectivity index (χ3n) is 4.05. The number of carbonyl (C=O) groups is 1. The number of nitrogens with zero attached hydrogens (tertiary/aromatic N) is 2. The van der Waals surface area contributed by atoms with Gasteiger partial charge in [-0.25, -0.2) is 0 Å². The Bertz CT molecular complexity index is 389. The zero-order valence-electron chi connectivity index (χ0n) is 12.3. The fourth-order valence-corrected chi connectivity index (χ4v) is 2.69. The maximum atomic E-state index is 12.1. The van der Waals surface area contributed by atoms with Crippen LogP contribution >= 0.6 is 0 Å². The predicted octanol–water partition coefficient (Wildman–Crippen LogP) is -0.285. The molecule has 2 unspecified atom stereocenters. The first-order valence-corrected chi connectivity index (χ1v) is 7.28. The van der Waals surface area contributed by atoms with Gasteiger partial charge >= 0.3 is 0 Å². The maximum Gasteiger partial charge on any atom is 0.235 e. The van der Waals surface area contributed by atoms with E-state index in [1.807, 2.05) is 14.0 Å². The van der Waals surface area contributed by atoms with Gasteiger partial charge < -0.3 is 15.4 Å². The third-order valence-corrected chi connectivity index (χ3v) is 4.05. The van der Waals surface area contributed by atoms with Gasteiger partial charge in [0.25, 0.3) is 0 Å². The fraction of sp³-hybridized carbons (Fsp3) is 0.857. The molecule has 0 spiro atoms. The Morgan fingerprint density at radius 3 is 2.90 bits per heavy atom. The van der Waals surface area contributed by atoms with E-state index in [0.29, 0.717) is 19.1 Å². The Morgan fingerprint density at radius 2 is 2.30 bits per heavy atom. The highest BCUT2D eigenvalue weighted by Crippen LogP contribution is 2.39. The van der Waals surface area contributed by atoms with Crippen LogP contribution in [0.25, 0.3) is 0 Å². The highest BCUT2D eigenvalue weighted by Gasteiger charge is 2.43. The third kappa shape index (κ3) is 3.92. The molecule has 2 atom stereocenters. The van der Waals surface area contributed by atoms with Gasteiger partial charge in [0.05, 0.1) is 25.3 Å². The van der Waals surface area contributed by atoms with Crippen molar-refractivity contribution in [1.82, 2.24) is 15.5 Å². The van der Waals surface area contributed by atoms with Crippen molar-refractivity contribution in [1.29, 1.82) is 5.26 Å². The Kier molecular flexibility index (Phi) is 4.97. The lowest BCUT2D eigenvalue weighted by Gasteiger charge is -2.33. The van der Waals surface area contributed by atoms with Crippen molar-refractivity contribution in [3.05, 3.63) is 0 Å². The van der Waals surface area contributed by atoms with Crippen LogP contribution < -0.4 is 10.6 Å². The zero-order valence-corrected chi connectivity index (χ0v) is 12.3. The van der Waals surface area contributed by atoms with Crippen LogP contribution in [0.4, 0.5) is 0 Å². The Hall–Kier alpha value is -1.16. The van der Waals surface area contributed by atoms with Crippen LogP contribution in [-0.4, -0.2) is 62.3 Å². The monoisotopic (exact) mass is 280 g/mol. The van der Waals surface area contributed by atoms with Crippen molar-refractivity contribution in [2.75, 3.05) is 39.8 Å². The number of hydrogen-bond donors (Lipinski definition) is 2. The Morgan fingerprint density at radius 1 is 1.55 bits per heavy atom. The molecule has 0 aromatic heterocycles. The maximum absolute atomic E-state index is 12.1. The standard InChI is InChI=1S/C14H24N4O2/c1-14(10-15,11-3-4-11)17-13(19)9-18-5-6-20-12(8-18)7-16-2/h11-12,16H,3-9H2,1-2H3,(H,17,19). The molecule has 2 rings (SSSR count). The van der Waals surface area contributed by atoms with E-state index in [2.05, 4.69) is 21.6 Å². The molecule has 1 saturated carbocycles. The van der Waals surface area contributed by atoms with Gasteiger partial charge in [-0.3, -0.25) is 9.69 Å². The molecule has 112 valence electrons. The molecule has 1 saturated heterocycles. The summed E-state index contributed by atoms with van der Waals surface area (Å²) in [5.74, 6) is 0.254. The van der Waals surface area contributed by atoms with Crippen LogP contribution in [0, 0.1) is 17.2 Å². The number of ether oxygens (including phenoxy) is 1. The lowest BCUT2D eigenvalue weighted by Crippen LogP contribution is -2.53. The van der Waals surface area contributed by atoms with Crippen LogP contribution in [0.3, 0.4) is 0 Å². The van der Waals surface area contributed by atoms with Crippen molar-refractivity contribution >= 4 is 5.91 Å². The molecule has 2 N–H and O–H groups in total.